The third-order valence-corrected chi connectivity index (χ3v) is 9.43. The number of H-pyrrole nitrogens is 1. The van der Waals surface area contributed by atoms with E-state index in [-0.39, 0.29) is 17.4 Å². The fourth-order valence-electron chi connectivity index (χ4n) is 7.60. The highest BCUT2D eigenvalue weighted by atomic mass is 16.3. The Labute approximate surface area is 188 Å². The van der Waals surface area contributed by atoms with Crippen LogP contribution >= 0.6 is 0 Å². The van der Waals surface area contributed by atoms with Crippen LogP contribution in [0.2, 0.25) is 0 Å². The second-order valence-electron chi connectivity index (χ2n) is 10.9. The summed E-state index contributed by atoms with van der Waals surface area (Å²) >= 11 is 0. The van der Waals surface area contributed by atoms with Crippen LogP contribution in [0.5, 0.6) is 0 Å². The number of allylic oxidation sites excluding steroid dienone is 2. The van der Waals surface area contributed by atoms with E-state index in [4.69, 9.17) is 0 Å². The maximum Gasteiger partial charge on any atom is 0.105 e. The Morgan fingerprint density at radius 2 is 2.06 bits per heavy atom. The Hall–Kier alpha value is -2.42. The van der Waals surface area contributed by atoms with Crippen LogP contribution < -0.4 is 0 Å². The molecule has 6 rings (SSSR count). The molecular weight excluding hydrogens is 398 g/mol. The van der Waals surface area contributed by atoms with Crippen molar-refractivity contribution in [2.45, 2.75) is 70.0 Å². The normalized spacial score (nSPS) is 41.0. The molecule has 5 unspecified atom stereocenters. The first-order valence-corrected chi connectivity index (χ1v) is 12.1. The Balaban J connectivity index is 1.41. The molecule has 0 radical (unpaired) electrons. The molecule has 2 saturated carbocycles. The van der Waals surface area contributed by atoms with Gasteiger partial charge in [-0.2, -0.15) is 10.4 Å². The fourth-order valence-corrected chi connectivity index (χ4v) is 7.60. The maximum atomic E-state index is 12.4. The molecular formula is C27H31N3O2. The minimum atomic E-state index is -1.06. The Morgan fingerprint density at radius 1 is 1.19 bits per heavy atom. The minimum Gasteiger partial charge on any atom is -0.393 e. The number of nitrogens with one attached hydrogen (secondary N) is 1. The second-order valence-corrected chi connectivity index (χ2v) is 10.9. The zero-order valence-electron chi connectivity index (χ0n) is 18.6. The standard InChI is InChI=1S/C27H31N3O2/c1-25-10-11-26(16-28)14-20-12-21(31)5-4-17(20)8-9-27(26,32)24(25)7-6-22(25)18-2-3-19-15-29-30-23(19)13-18/h2-3,6,13-15,17,21,24,31-32H,4-5,7-12H2,1H3,(H,29,30)/t17?,21?,24?,25?,26?,27-/m0/s1. The molecule has 6 atom stereocenters. The van der Waals surface area contributed by atoms with E-state index in [1.54, 1.807) is 0 Å². The predicted molar refractivity (Wildman–Crippen MR) is 123 cm³/mol. The van der Waals surface area contributed by atoms with Gasteiger partial charge in [-0.25, -0.2) is 0 Å². The molecule has 0 aliphatic heterocycles. The van der Waals surface area contributed by atoms with Crippen LogP contribution in [0.25, 0.3) is 16.5 Å². The topological polar surface area (TPSA) is 92.9 Å². The zero-order valence-corrected chi connectivity index (χ0v) is 18.6. The number of hydrogen-bond acceptors (Lipinski definition) is 4. The summed E-state index contributed by atoms with van der Waals surface area (Å²) in [6.07, 6.45) is 12.3. The van der Waals surface area contributed by atoms with Crippen molar-refractivity contribution in [3.8, 4) is 6.07 Å². The lowest BCUT2D eigenvalue weighted by Gasteiger charge is -2.56. The van der Waals surface area contributed by atoms with Crippen molar-refractivity contribution in [3.63, 3.8) is 0 Å². The van der Waals surface area contributed by atoms with E-state index in [1.165, 1.54) is 16.7 Å². The maximum absolute atomic E-state index is 12.4. The molecule has 2 aromatic rings. The number of fused-ring (bicyclic) bond motifs is 5. The van der Waals surface area contributed by atoms with E-state index in [0.29, 0.717) is 25.2 Å². The van der Waals surface area contributed by atoms with Gasteiger partial charge in [0.1, 0.15) is 5.41 Å². The summed E-state index contributed by atoms with van der Waals surface area (Å²) in [4.78, 5) is 0. The molecule has 3 N–H and O–H groups in total. The molecule has 0 saturated heterocycles. The van der Waals surface area contributed by atoms with Crippen molar-refractivity contribution in [2.24, 2.45) is 22.7 Å². The zero-order chi connectivity index (χ0) is 22.1. The molecule has 0 amide bonds. The summed E-state index contributed by atoms with van der Waals surface area (Å²) in [5, 5.41) is 41.5. The quantitative estimate of drug-likeness (QED) is 0.563. The van der Waals surface area contributed by atoms with Gasteiger partial charge in [0.25, 0.3) is 0 Å². The number of rotatable bonds is 1. The van der Waals surface area contributed by atoms with Gasteiger partial charge in [-0.3, -0.25) is 5.10 Å². The average Bonchev–Trinajstić information content (AvgIpc) is 3.36. The van der Waals surface area contributed by atoms with Crippen LogP contribution in [0.3, 0.4) is 0 Å². The number of benzene rings is 1. The monoisotopic (exact) mass is 429 g/mol. The third-order valence-electron chi connectivity index (χ3n) is 9.43. The number of nitrogens with zero attached hydrogens (tertiary/aromatic N) is 2. The molecule has 5 heteroatoms. The first-order chi connectivity index (χ1) is 15.4. The van der Waals surface area contributed by atoms with Gasteiger partial charge >= 0.3 is 0 Å². The van der Waals surface area contributed by atoms with Gasteiger partial charge in [0.05, 0.1) is 29.5 Å². The Kier molecular flexibility index (Phi) is 4.29. The summed E-state index contributed by atoms with van der Waals surface area (Å²) < 4.78 is 0. The number of aromatic nitrogens is 2. The van der Waals surface area contributed by atoms with Crippen molar-refractivity contribution in [1.29, 1.82) is 5.26 Å². The molecule has 4 aliphatic carbocycles. The summed E-state index contributed by atoms with van der Waals surface area (Å²) in [6, 6.07) is 9.05. The highest BCUT2D eigenvalue weighted by Gasteiger charge is 2.65. The predicted octanol–water partition coefficient (Wildman–Crippen LogP) is 4.89. The number of aromatic amines is 1. The molecule has 1 aromatic carbocycles. The number of aliphatic hydroxyl groups excluding tert-OH is 1. The van der Waals surface area contributed by atoms with E-state index >= 15 is 0 Å². The minimum absolute atomic E-state index is 0.0118. The van der Waals surface area contributed by atoms with Crippen molar-refractivity contribution in [2.75, 3.05) is 0 Å². The molecule has 2 fully saturated rings. The second kappa shape index (κ2) is 6.79. The highest BCUT2D eigenvalue weighted by molar-refractivity contribution is 5.84. The molecule has 32 heavy (non-hydrogen) atoms. The first-order valence-electron chi connectivity index (χ1n) is 12.1. The van der Waals surface area contributed by atoms with Crippen LogP contribution in [0.15, 0.2) is 42.1 Å². The van der Waals surface area contributed by atoms with E-state index in [2.05, 4.69) is 53.5 Å². The average molecular weight is 430 g/mol. The van der Waals surface area contributed by atoms with E-state index in [9.17, 15) is 15.5 Å². The molecule has 0 bridgehead atoms. The SMILES string of the molecule is CC12CCC3(C#N)C=C4CC(O)CCC4CC[C@]3(O)C1CC=C2c1ccc2cn[nH]c2c1. The summed E-state index contributed by atoms with van der Waals surface area (Å²) in [5.74, 6) is 0.402. The Bertz CT molecular complexity index is 1190. The van der Waals surface area contributed by atoms with Crippen molar-refractivity contribution < 1.29 is 10.2 Å². The van der Waals surface area contributed by atoms with Crippen LogP contribution in [0.1, 0.15) is 63.9 Å². The van der Waals surface area contributed by atoms with E-state index in [0.717, 1.165) is 43.0 Å². The van der Waals surface area contributed by atoms with Crippen LogP contribution in [0, 0.1) is 34.0 Å². The fraction of sp³-hybridized carbons (Fsp3) is 0.556. The number of aliphatic hydroxyl groups is 2. The van der Waals surface area contributed by atoms with Crippen LogP contribution in [0.4, 0.5) is 0 Å². The van der Waals surface area contributed by atoms with Gasteiger partial charge in [-0.1, -0.05) is 36.8 Å². The van der Waals surface area contributed by atoms with Crippen molar-refractivity contribution in [3.05, 3.63) is 47.7 Å². The third kappa shape index (κ3) is 2.60. The smallest absolute Gasteiger partial charge is 0.105 e. The van der Waals surface area contributed by atoms with Gasteiger partial charge in [0.15, 0.2) is 0 Å². The molecule has 0 spiro atoms. The highest BCUT2D eigenvalue weighted by Crippen LogP contribution is 2.66. The van der Waals surface area contributed by atoms with Crippen LogP contribution in [-0.2, 0) is 0 Å². The summed E-state index contributed by atoms with van der Waals surface area (Å²) in [5.41, 5.74) is 2.62. The largest absolute Gasteiger partial charge is 0.393 e. The van der Waals surface area contributed by atoms with E-state index in [1.807, 2.05) is 6.20 Å². The molecule has 4 aliphatic rings. The van der Waals surface area contributed by atoms with Crippen LogP contribution in [-0.4, -0.2) is 32.1 Å². The lowest BCUT2D eigenvalue weighted by molar-refractivity contribution is -0.143. The molecule has 5 nitrogen and oxygen atoms in total. The molecule has 1 aromatic heterocycles. The summed E-state index contributed by atoms with van der Waals surface area (Å²) in [7, 11) is 0. The van der Waals surface area contributed by atoms with Crippen molar-refractivity contribution >= 4 is 16.5 Å². The van der Waals surface area contributed by atoms with Crippen molar-refractivity contribution in [1.82, 2.24) is 10.2 Å². The lowest BCUT2D eigenvalue weighted by atomic mass is 9.49. The first kappa shape index (κ1) is 20.2. The van der Waals surface area contributed by atoms with E-state index < -0.39 is 11.0 Å². The number of hydrogen-bond donors (Lipinski definition) is 3. The molecule has 1 heterocycles. The number of nitriles is 1. The van der Waals surface area contributed by atoms with Gasteiger partial charge in [0.2, 0.25) is 0 Å². The van der Waals surface area contributed by atoms with Gasteiger partial charge in [-0.15, -0.1) is 0 Å². The van der Waals surface area contributed by atoms with Gasteiger partial charge in [-0.05, 0) is 79.9 Å². The van der Waals surface area contributed by atoms with Gasteiger partial charge in [0, 0.05) is 11.3 Å². The molecule has 166 valence electrons. The summed E-state index contributed by atoms with van der Waals surface area (Å²) in [6.45, 7) is 2.29. The lowest BCUT2D eigenvalue weighted by Crippen LogP contribution is -2.59. The Morgan fingerprint density at radius 3 is 2.91 bits per heavy atom. The van der Waals surface area contributed by atoms with Gasteiger partial charge < -0.3 is 10.2 Å².